The third kappa shape index (κ3) is 5.41. The fraction of sp³-hybridized carbons (Fsp3) is 0.250. The molecule has 1 aliphatic heterocycles. The highest BCUT2D eigenvalue weighted by Crippen LogP contribution is 2.29. The van der Waals surface area contributed by atoms with E-state index in [1.165, 1.54) is 11.1 Å². The fourth-order valence-electron chi connectivity index (χ4n) is 4.47. The summed E-state index contributed by atoms with van der Waals surface area (Å²) in [6, 6.07) is 28.6. The van der Waals surface area contributed by atoms with Crippen LogP contribution in [0.5, 0.6) is 5.75 Å². The van der Waals surface area contributed by atoms with Gasteiger partial charge in [0, 0.05) is 38.7 Å². The average molecular weight is 469 g/mol. The first-order valence-electron chi connectivity index (χ1n) is 11.8. The fourth-order valence-corrected chi connectivity index (χ4v) is 4.47. The molecular weight excluding hydrogens is 440 g/mol. The van der Waals surface area contributed by atoms with Crippen LogP contribution in [0.3, 0.4) is 0 Å². The Morgan fingerprint density at radius 1 is 0.886 bits per heavy atom. The van der Waals surface area contributed by atoms with Crippen LogP contribution in [0.15, 0.2) is 89.5 Å². The first-order chi connectivity index (χ1) is 17.2. The van der Waals surface area contributed by atoms with Crippen LogP contribution < -0.4 is 4.74 Å². The Labute approximate surface area is 204 Å². The second-order valence-corrected chi connectivity index (χ2v) is 8.59. The molecule has 0 radical (unpaired) electrons. The Balaban J connectivity index is 1.17. The van der Waals surface area contributed by atoms with Crippen molar-refractivity contribution in [2.45, 2.75) is 13.0 Å². The molecule has 0 atom stereocenters. The van der Waals surface area contributed by atoms with Crippen LogP contribution in [-0.4, -0.2) is 58.6 Å². The van der Waals surface area contributed by atoms with Crippen LogP contribution in [0.25, 0.3) is 11.4 Å². The molecule has 7 heteroatoms. The summed E-state index contributed by atoms with van der Waals surface area (Å²) in [5, 5.41) is 3.92. The molecule has 35 heavy (non-hydrogen) atoms. The van der Waals surface area contributed by atoms with Gasteiger partial charge in [-0.15, -0.1) is 0 Å². The number of hydrogen-bond donors (Lipinski definition) is 0. The van der Waals surface area contributed by atoms with E-state index in [0.29, 0.717) is 30.6 Å². The van der Waals surface area contributed by atoms with E-state index in [9.17, 15) is 4.79 Å². The van der Waals surface area contributed by atoms with E-state index in [4.69, 9.17) is 9.26 Å². The molecule has 1 aromatic heterocycles. The molecule has 1 saturated heterocycles. The molecule has 178 valence electrons. The Hall–Kier alpha value is -3.97. The zero-order valence-electron chi connectivity index (χ0n) is 19.7. The van der Waals surface area contributed by atoms with Gasteiger partial charge < -0.3 is 14.2 Å². The SMILES string of the molecule is Cc1nc(-c2ccc(OCC(=O)N3CCN(C(c4ccccc4)c4ccccc4)CC3)cc2)no1. The van der Waals surface area contributed by atoms with Gasteiger partial charge in [-0.25, -0.2) is 0 Å². The van der Waals surface area contributed by atoms with E-state index in [-0.39, 0.29) is 18.6 Å². The number of hydrogen-bond acceptors (Lipinski definition) is 6. The Morgan fingerprint density at radius 2 is 1.49 bits per heavy atom. The number of carbonyl (C=O) groups is 1. The number of ether oxygens (including phenoxy) is 1. The summed E-state index contributed by atoms with van der Waals surface area (Å²) in [7, 11) is 0. The molecular formula is C28H28N4O3. The lowest BCUT2D eigenvalue weighted by Gasteiger charge is -2.39. The number of piperazine rings is 1. The molecule has 0 aliphatic carbocycles. The van der Waals surface area contributed by atoms with Crippen LogP contribution in [0, 0.1) is 6.92 Å². The van der Waals surface area contributed by atoms with Gasteiger partial charge in [0.15, 0.2) is 6.61 Å². The van der Waals surface area contributed by atoms with Gasteiger partial charge in [0.05, 0.1) is 6.04 Å². The van der Waals surface area contributed by atoms with Crippen LogP contribution in [0.2, 0.25) is 0 Å². The van der Waals surface area contributed by atoms with Crippen LogP contribution in [0.1, 0.15) is 23.1 Å². The largest absolute Gasteiger partial charge is 0.484 e. The van der Waals surface area contributed by atoms with Gasteiger partial charge in [0.25, 0.3) is 5.91 Å². The van der Waals surface area contributed by atoms with Crippen molar-refractivity contribution in [3.8, 4) is 17.1 Å². The van der Waals surface area contributed by atoms with Gasteiger partial charge in [-0.05, 0) is 35.4 Å². The van der Waals surface area contributed by atoms with Crippen molar-refractivity contribution in [2.24, 2.45) is 0 Å². The molecule has 0 unspecified atom stereocenters. The maximum atomic E-state index is 12.8. The standard InChI is InChI=1S/C28H28N4O3/c1-21-29-28(30-35-21)24-12-14-25(15-13-24)34-20-26(33)31-16-18-32(19-17-31)27(22-8-4-2-5-9-22)23-10-6-3-7-11-23/h2-15,27H,16-20H2,1H3. The smallest absolute Gasteiger partial charge is 0.260 e. The summed E-state index contributed by atoms with van der Waals surface area (Å²) in [5.74, 6) is 1.69. The topological polar surface area (TPSA) is 71.7 Å². The number of nitrogens with zero attached hydrogens (tertiary/aromatic N) is 4. The van der Waals surface area contributed by atoms with Crippen molar-refractivity contribution in [3.05, 3.63) is 102 Å². The molecule has 7 nitrogen and oxygen atoms in total. The van der Waals surface area contributed by atoms with Crippen molar-refractivity contribution in [1.82, 2.24) is 19.9 Å². The van der Waals surface area contributed by atoms with E-state index < -0.39 is 0 Å². The lowest BCUT2D eigenvalue weighted by atomic mass is 9.96. The lowest BCUT2D eigenvalue weighted by Crippen LogP contribution is -2.51. The number of amides is 1. The maximum absolute atomic E-state index is 12.8. The molecule has 1 fully saturated rings. The molecule has 2 heterocycles. The van der Waals surface area contributed by atoms with Crippen molar-refractivity contribution in [3.63, 3.8) is 0 Å². The minimum Gasteiger partial charge on any atom is -0.484 e. The van der Waals surface area contributed by atoms with E-state index in [1.54, 1.807) is 6.92 Å². The first-order valence-corrected chi connectivity index (χ1v) is 11.8. The van der Waals surface area contributed by atoms with Gasteiger partial charge in [0.1, 0.15) is 5.75 Å². The third-order valence-electron chi connectivity index (χ3n) is 6.27. The second-order valence-electron chi connectivity index (χ2n) is 8.59. The van der Waals surface area contributed by atoms with Crippen LogP contribution in [-0.2, 0) is 4.79 Å². The Morgan fingerprint density at radius 3 is 2.03 bits per heavy atom. The summed E-state index contributed by atoms with van der Waals surface area (Å²) in [6.45, 7) is 4.73. The third-order valence-corrected chi connectivity index (χ3v) is 6.27. The van der Waals surface area contributed by atoms with Gasteiger partial charge in [0.2, 0.25) is 11.7 Å². The summed E-state index contributed by atoms with van der Waals surface area (Å²) in [4.78, 5) is 21.4. The predicted octanol–water partition coefficient (Wildman–Crippen LogP) is 4.36. The van der Waals surface area contributed by atoms with E-state index in [1.807, 2.05) is 41.3 Å². The van der Waals surface area contributed by atoms with Gasteiger partial charge in [-0.1, -0.05) is 65.8 Å². The van der Waals surface area contributed by atoms with Crippen molar-refractivity contribution in [1.29, 1.82) is 0 Å². The summed E-state index contributed by atoms with van der Waals surface area (Å²) >= 11 is 0. The van der Waals surface area contributed by atoms with Crippen LogP contribution >= 0.6 is 0 Å². The number of rotatable bonds is 7. The van der Waals surface area contributed by atoms with Gasteiger partial charge in [-0.3, -0.25) is 9.69 Å². The minimum atomic E-state index is -0.00140. The molecule has 4 aromatic rings. The molecule has 0 N–H and O–H groups in total. The number of aromatic nitrogens is 2. The first kappa shape index (κ1) is 22.8. The molecule has 0 spiro atoms. The zero-order valence-corrected chi connectivity index (χ0v) is 19.7. The molecule has 5 rings (SSSR count). The monoisotopic (exact) mass is 468 g/mol. The highest BCUT2D eigenvalue weighted by atomic mass is 16.5. The highest BCUT2D eigenvalue weighted by Gasteiger charge is 2.28. The number of aryl methyl sites for hydroxylation is 1. The quantitative estimate of drug-likeness (QED) is 0.401. The van der Waals surface area contributed by atoms with Gasteiger partial charge in [-0.2, -0.15) is 4.98 Å². The van der Waals surface area contributed by atoms with E-state index >= 15 is 0 Å². The number of carbonyl (C=O) groups excluding carboxylic acids is 1. The Kier molecular flexibility index (Phi) is 6.86. The van der Waals surface area contributed by atoms with Crippen molar-refractivity contribution in [2.75, 3.05) is 32.8 Å². The van der Waals surface area contributed by atoms with Gasteiger partial charge >= 0.3 is 0 Å². The molecule has 3 aromatic carbocycles. The summed E-state index contributed by atoms with van der Waals surface area (Å²) in [6.07, 6.45) is 0. The highest BCUT2D eigenvalue weighted by molar-refractivity contribution is 5.78. The van der Waals surface area contributed by atoms with E-state index in [0.717, 1.165) is 18.7 Å². The normalized spacial score (nSPS) is 14.3. The van der Waals surface area contributed by atoms with Crippen molar-refractivity contribution < 1.29 is 14.1 Å². The molecule has 1 aliphatic rings. The molecule has 0 saturated carbocycles. The number of benzene rings is 3. The van der Waals surface area contributed by atoms with Crippen molar-refractivity contribution >= 4 is 5.91 Å². The molecule has 1 amide bonds. The Bertz CT molecular complexity index is 1190. The average Bonchev–Trinajstić information content (AvgIpc) is 3.35. The van der Waals surface area contributed by atoms with E-state index in [2.05, 4.69) is 63.6 Å². The second kappa shape index (κ2) is 10.5. The minimum absolute atomic E-state index is 0.00140. The zero-order chi connectivity index (χ0) is 24.0. The predicted molar refractivity (Wildman–Crippen MR) is 133 cm³/mol. The lowest BCUT2D eigenvalue weighted by molar-refractivity contribution is -0.135. The van der Waals surface area contributed by atoms with Crippen LogP contribution in [0.4, 0.5) is 0 Å². The maximum Gasteiger partial charge on any atom is 0.260 e. The summed E-state index contributed by atoms with van der Waals surface area (Å²) in [5.41, 5.74) is 3.37. The molecule has 0 bridgehead atoms. The summed E-state index contributed by atoms with van der Waals surface area (Å²) < 4.78 is 10.8.